The SMILES string of the molecule is CC(C)C1[B][B][B]N[B]1. The highest BCUT2D eigenvalue weighted by Crippen LogP contribution is 2.13. The lowest BCUT2D eigenvalue weighted by Crippen LogP contribution is -2.44. The summed E-state index contributed by atoms with van der Waals surface area (Å²) in [6.45, 7) is 4.44. The fourth-order valence-electron chi connectivity index (χ4n) is 0.876. The van der Waals surface area contributed by atoms with Crippen LogP contribution in [-0.4, -0.2) is 29.0 Å². The summed E-state index contributed by atoms with van der Waals surface area (Å²) in [5.41, 5.74) is 0.606. The molecule has 0 aromatic heterocycles. The lowest BCUT2D eigenvalue weighted by molar-refractivity contribution is 0.691. The molecular formula is C4H9B4N. The largest absolute Gasteiger partial charge is 0.415 e. The van der Waals surface area contributed by atoms with Gasteiger partial charge in [0, 0.05) is 7.06 Å². The Morgan fingerprint density at radius 1 is 1.44 bits per heavy atom. The van der Waals surface area contributed by atoms with E-state index in [1.807, 2.05) is 7.31 Å². The Hall–Kier alpha value is 0.220. The van der Waals surface area contributed by atoms with Gasteiger partial charge in [-0.05, 0) is 0 Å². The maximum atomic E-state index is 3.08. The molecule has 0 bridgehead atoms. The molecule has 4 radical (unpaired) electrons. The van der Waals surface area contributed by atoms with Crippen LogP contribution in [0.1, 0.15) is 13.8 Å². The molecule has 1 N–H and O–H groups in total. The number of nitrogens with one attached hydrogen (secondary N) is 1. The van der Waals surface area contributed by atoms with Gasteiger partial charge in [0.1, 0.15) is 7.31 Å². The topological polar surface area (TPSA) is 12.0 Å². The van der Waals surface area contributed by atoms with Crippen LogP contribution in [0, 0.1) is 5.92 Å². The van der Waals surface area contributed by atoms with E-state index in [1.54, 1.807) is 0 Å². The highest BCUT2D eigenvalue weighted by molar-refractivity contribution is 7.32. The predicted octanol–water partition coefficient (Wildman–Crippen LogP) is -0.532. The molecule has 5 heteroatoms. The Morgan fingerprint density at radius 3 is 2.56 bits per heavy atom. The molecule has 1 aliphatic heterocycles. The molecule has 0 aromatic rings. The predicted molar refractivity (Wildman–Crippen MR) is 44.7 cm³/mol. The van der Waals surface area contributed by atoms with E-state index in [-0.39, 0.29) is 0 Å². The normalized spacial score (nSPS) is 25.4. The highest BCUT2D eigenvalue weighted by Gasteiger charge is 2.18. The average Bonchev–Trinajstić information content (AvgIpc) is 1.90. The molecule has 0 aromatic carbocycles. The average molecular weight is 114 g/mol. The van der Waals surface area contributed by atoms with Crippen molar-refractivity contribution in [2.24, 2.45) is 5.92 Å². The quantitative estimate of drug-likeness (QED) is 0.452. The van der Waals surface area contributed by atoms with E-state index in [4.69, 9.17) is 0 Å². The summed E-state index contributed by atoms with van der Waals surface area (Å²) in [6.07, 6.45) is 0. The van der Waals surface area contributed by atoms with Gasteiger partial charge in [0.05, 0.1) is 7.17 Å². The molecule has 1 nitrogen and oxygen atoms in total. The van der Waals surface area contributed by atoms with Gasteiger partial charge >= 0.3 is 0 Å². The molecule has 1 unspecified atom stereocenters. The van der Waals surface area contributed by atoms with Crippen LogP contribution in [0.15, 0.2) is 0 Å². The van der Waals surface area contributed by atoms with Crippen molar-refractivity contribution in [2.45, 2.75) is 19.6 Å². The van der Waals surface area contributed by atoms with Crippen LogP contribution in [0.3, 0.4) is 0 Å². The second-order valence-electron chi connectivity index (χ2n) is 2.71. The lowest BCUT2D eigenvalue weighted by Gasteiger charge is -2.23. The molecule has 0 aliphatic carbocycles. The Labute approximate surface area is 60.3 Å². The second-order valence-corrected chi connectivity index (χ2v) is 2.71. The van der Waals surface area contributed by atoms with Crippen LogP contribution < -0.4 is 5.14 Å². The first kappa shape index (κ1) is 7.33. The zero-order valence-corrected chi connectivity index (χ0v) is 5.96. The van der Waals surface area contributed by atoms with Crippen molar-refractivity contribution in [3.8, 4) is 0 Å². The van der Waals surface area contributed by atoms with Gasteiger partial charge in [0.15, 0.2) is 7.41 Å². The molecular weight excluding hydrogens is 105 g/mol. The van der Waals surface area contributed by atoms with Gasteiger partial charge in [-0.1, -0.05) is 25.5 Å². The number of hydrogen-bond donors (Lipinski definition) is 1. The summed E-state index contributed by atoms with van der Waals surface area (Å²) in [6, 6.07) is 0. The van der Waals surface area contributed by atoms with E-state index in [1.165, 1.54) is 0 Å². The van der Waals surface area contributed by atoms with E-state index < -0.39 is 0 Å². The number of rotatable bonds is 1. The molecule has 1 saturated heterocycles. The van der Waals surface area contributed by atoms with Gasteiger partial charge in [-0.15, -0.1) is 0 Å². The maximum Gasteiger partial charge on any atom is 0.186 e. The monoisotopic (exact) mass is 115 g/mol. The molecule has 1 atom stereocenters. The smallest absolute Gasteiger partial charge is 0.186 e. The van der Waals surface area contributed by atoms with Crippen LogP contribution in [-0.2, 0) is 0 Å². The van der Waals surface area contributed by atoms with Crippen molar-refractivity contribution in [2.75, 3.05) is 0 Å². The second kappa shape index (κ2) is 3.40. The first-order chi connectivity index (χ1) is 4.30. The van der Waals surface area contributed by atoms with Crippen molar-refractivity contribution in [3.05, 3.63) is 0 Å². The zero-order valence-electron chi connectivity index (χ0n) is 5.96. The third kappa shape index (κ3) is 2.13. The van der Waals surface area contributed by atoms with Gasteiger partial charge in [-0.3, -0.25) is 0 Å². The van der Waals surface area contributed by atoms with E-state index in [0.29, 0.717) is 11.6 Å². The standard InChI is InChI=1S/C4H9B4N/c1-3(2)4-5-7-8-9-6-4/h3-4,9H,1-2H3. The van der Waals surface area contributed by atoms with Crippen molar-refractivity contribution >= 4 is 29.0 Å². The zero-order chi connectivity index (χ0) is 6.69. The van der Waals surface area contributed by atoms with Crippen LogP contribution in [0.2, 0.25) is 5.72 Å². The Morgan fingerprint density at radius 2 is 2.22 bits per heavy atom. The third-order valence-corrected chi connectivity index (χ3v) is 1.58. The Bertz CT molecular complexity index is 80.6. The highest BCUT2D eigenvalue weighted by atomic mass is 14.6. The molecule has 1 heterocycles. The molecule has 42 valence electrons. The molecule has 1 fully saturated rings. The third-order valence-electron chi connectivity index (χ3n) is 1.58. The van der Waals surface area contributed by atoms with Crippen LogP contribution in [0.5, 0.6) is 0 Å². The van der Waals surface area contributed by atoms with Crippen LogP contribution in [0.25, 0.3) is 0 Å². The first-order valence-electron chi connectivity index (χ1n) is 3.40. The minimum Gasteiger partial charge on any atom is -0.415 e. The van der Waals surface area contributed by atoms with Crippen molar-refractivity contribution in [3.63, 3.8) is 0 Å². The van der Waals surface area contributed by atoms with Crippen molar-refractivity contribution in [1.29, 1.82) is 0 Å². The molecule has 1 rings (SSSR count). The molecule has 1 aliphatic rings. The van der Waals surface area contributed by atoms with Gasteiger partial charge in [-0.25, -0.2) is 0 Å². The summed E-state index contributed by atoms with van der Waals surface area (Å²) < 4.78 is 0. The fraction of sp³-hybridized carbons (Fsp3) is 1.00. The van der Waals surface area contributed by atoms with Gasteiger partial charge in [0.2, 0.25) is 0 Å². The molecule has 0 spiro atoms. The Kier molecular flexibility index (Phi) is 2.77. The summed E-state index contributed by atoms with van der Waals surface area (Å²) in [4.78, 5) is 0. The van der Waals surface area contributed by atoms with Crippen LogP contribution >= 0.6 is 0 Å². The first-order valence-corrected chi connectivity index (χ1v) is 3.40. The summed E-state index contributed by atoms with van der Waals surface area (Å²) in [5, 5.41) is 3.08. The van der Waals surface area contributed by atoms with Gasteiger partial charge in [0.25, 0.3) is 0 Å². The molecule has 0 saturated carbocycles. The van der Waals surface area contributed by atoms with E-state index in [9.17, 15) is 0 Å². The summed E-state index contributed by atoms with van der Waals surface area (Å²) >= 11 is 0. The maximum absolute atomic E-state index is 3.08. The van der Waals surface area contributed by atoms with Crippen molar-refractivity contribution < 1.29 is 0 Å². The lowest BCUT2D eigenvalue weighted by atomic mass is 9.12. The number of hydrogen-bond acceptors (Lipinski definition) is 1. The van der Waals surface area contributed by atoms with E-state index in [0.717, 1.165) is 0 Å². The molecule has 0 amide bonds. The summed E-state index contributed by atoms with van der Waals surface area (Å²) in [7, 11) is 8.33. The Balaban J connectivity index is 2.23. The minimum absolute atomic E-state index is 0.606. The van der Waals surface area contributed by atoms with Gasteiger partial charge < -0.3 is 5.14 Å². The van der Waals surface area contributed by atoms with E-state index >= 15 is 0 Å². The summed E-state index contributed by atoms with van der Waals surface area (Å²) in [5.74, 6) is 0.711. The fourth-order valence-corrected chi connectivity index (χ4v) is 0.876. The van der Waals surface area contributed by atoms with Crippen molar-refractivity contribution in [1.82, 2.24) is 5.14 Å². The molecule has 9 heavy (non-hydrogen) atoms. The van der Waals surface area contributed by atoms with E-state index in [2.05, 4.69) is 40.6 Å². The minimum atomic E-state index is 0.606. The van der Waals surface area contributed by atoms with Gasteiger partial charge in [-0.2, -0.15) is 0 Å². The van der Waals surface area contributed by atoms with Crippen LogP contribution in [0.4, 0.5) is 0 Å².